The maximum Gasteiger partial charge on any atom is 0.122 e. The van der Waals surface area contributed by atoms with Crippen molar-refractivity contribution in [2.75, 3.05) is 39.8 Å². The summed E-state index contributed by atoms with van der Waals surface area (Å²) in [6.07, 6.45) is 6.30. The Balaban J connectivity index is 1.76. The Morgan fingerprint density at radius 2 is 1.95 bits per heavy atom. The van der Waals surface area contributed by atoms with E-state index in [-0.39, 0.29) is 0 Å². The zero-order chi connectivity index (χ0) is 13.8. The van der Waals surface area contributed by atoms with Crippen LogP contribution in [0, 0.1) is 0 Å². The van der Waals surface area contributed by atoms with Crippen LogP contribution in [0.2, 0.25) is 0 Å². The number of rotatable bonds is 4. The molecule has 0 saturated carbocycles. The number of nitrogens with zero attached hydrogens (tertiary/aromatic N) is 1. The van der Waals surface area contributed by atoms with Gasteiger partial charge in [-0.15, -0.1) is 0 Å². The summed E-state index contributed by atoms with van der Waals surface area (Å²) >= 11 is 0. The summed E-state index contributed by atoms with van der Waals surface area (Å²) in [4.78, 5) is 2.57. The number of ether oxygens (including phenoxy) is 1. The second-order valence-electron chi connectivity index (χ2n) is 5.93. The van der Waals surface area contributed by atoms with E-state index in [9.17, 15) is 0 Å². The number of hydrogen-bond acceptors (Lipinski definition) is 3. The number of fused-ring (bicyclic) bond motifs is 1. The standard InChI is InChI=1S/C17H26N2O/c1-20-17-7-6-14-4-2-3-5-15(14)16(17)8-11-19-12-9-18-10-13-19/h6-7,18H,2-5,8-13H2,1H3. The third-order valence-corrected chi connectivity index (χ3v) is 4.72. The molecular formula is C17H26N2O. The number of benzene rings is 1. The number of aryl methyl sites for hydroxylation is 1. The summed E-state index contributed by atoms with van der Waals surface area (Å²) in [5.74, 6) is 1.10. The molecule has 1 N–H and O–H groups in total. The predicted molar refractivity (Wildman–Crippen MR) is 82.6 cm³/mol. The molecule has 3 heteroatoms. The molecule has 1 aliphatic carbocycles. The van der Waals surface area contributed by atoms with Crippen LogP contribution in [0.4, 0.5) is 0 Å². The van der Waals surface area contributed by atoms with Crippen molar-refractivity contribution in [2.45, 2.75) is 32.1 Å². The van der Waals surface area contributed by atoms with E-state index in [0.29, 0.717) is 0 Å². The van der Waals surface area contributed by atoms with Crippen LogP contribution in [0.5, 0.6) is 5.75 Å². The number of methoxy groups -OCH3 is 1. The third kappa shape index (κ3) is 2.99. The SMILES string of the molecule is COc1ccc2c(c1CCN1CCNCC1)CCCC2. The van der Waals surface area contributed by atoms with Gasteiger partial charge in [0.15, 0.2) is 0 Å². The third-order valence-electron chi connectivity index (χ3n) is 4.72. The highest BCUT2D eigenvalue weighted by Crippen LogP contribution is 2.31. The van der Waals surface area contributed by atoms with Gasteiger partial charge in [-0.3, -0.25) is 0 Å². The Labute approximate surface area is 122 Å². The van der Waals surface area contributed by atoms with Gasteiger partial charge < -0.3 is 15.0 Å². The molecule has 1 saturated heterocycles. The molecule has 1 heterocycles. The van der Waals surface area contributed by atoms with E-state index in [1.807, 2.05) is 0 Å². The predicted octanol–water partition coefficient (Wildman–Crippen LogP) is 2.02. The van der Waals surface area contributed by atoms with Crippen molar-refractivity contribution < 1.29 is 4.74 Å². The van der Waals surface area contributed by atoms with Gasteiger partial charge in [0.2, 0.25) is 0 Å². The largest absolute Gasteiger partial charge is 0.496 e. The van der Waals surface area contributed by atoms with Gasteiger partial charge in [0, 0.05) is 32.7 Å². The van der Waals surface area contributed by atoms with Crippen LogP contribution in [0.15, 0.2) is 12.1 Å². The van der Waals surface area contributed by atoms with Crippen LogP contribution in [0.1, 0.15) is 29.5 Å². The van der Waals surface area contributed by atoms with Crippen molar-refractivity contribution >= 4 is 0 Å². The second-order valence-corrected chi connectivity index (χ2v) is 5.93. The van der Waals surface area contributed by atoms with E-state index in [4.69, 9.17) is 4.74 Å². The molecule has 20 heavy (non-hydrogen) atoms. The zero-order valence-electron chi connectivity index (χ0n) is 12.6. The van der Waals surface area contributed by atoms with Gasteiger partial charge >= 0.3 is 0 Å². The molecular weight excluding hydrogens is 248 g/mol. The summed E-state index contributed by atoms with van der Waals surface area (Å²) in [7, 11) is 1.80. The smallest absolute Gasteiger partial charge is 0.122 e. The minimum atomic E-state index is 1.10. The molecule has 1 aliphatic heterocycles. The normalized spacial score (nSPS) is 19.6. The fourth-order valence-electron chi connectivity index (χ4n) is 3.55. The summed E-state index contributed by atoms with van der Waals surface area (Å²) < 4.78 is 5.62. The molecule has 1 fully saturated rings. The molecule has 0 aromatic heterocycles. The summed E-state index contributed by atoms with van der Waals surface area (Å²) in [6.45, 7) is 5.78. The number of nitrogens with one attached hydrogen (secondary N) is 1. The zero-order valence-corrected chi connectivity index (χ0v) is 12.6. The van der Waals surface area contributed by atoms with Crippen LogP contribution >= 0.6 is 0 Å². The molecule has 0 unspecified atom stereocenters. The summed E-state index contributed by atoms with van der Waals surface area (Å²) in [5.41, 5.74) is 4.63. The molecule has 1 aromatic rings. The fraction of sp³-hybridized carbons (Fsp3) is 0.647. The maximum absolute atomic E-state index is 5.62. The Hall–Kier alpha value is -1.06. The van der Waals surface area contributed by atoms with Crippen LogP contribution in [0.25, 0.3) is 0 Å². The first-order chi connectivity index (χ1) is 9.88. The lowest BCUT2D eigenvalue weighted by atomic mass is 9.86. The van der Waals surface area contributed by atoms with Crippen molar-refractivity contribution in [3.63, 3.8) is 0 Å². The van der Waals surface area contributed by atoms with Crippen molar-refractivity contribution in [1.82, 2.24) is 10.2 Å². The molecule has 2 aliphatic rings. The highest BCUT2D eigenvalue weighted by molar-refractivity contribution is 5.46. The molecule has 3 rings (SSSR count). The lowest BCUT2D eigenvalue weighted by Crippen LogP contribution is -2.44. The van der Waals surface area contributed by atoms with E-state index < -0.39 is 0 Å². The molecule has 0 atom stereocenters. The van der Waals surface area contributed by atoms with Gasteiger partial charge in [-0.2, -0.15) is 0 Å². The molecule has 0 radical (unpaired) electrons. The Morgan fingerprint density at radius 3 is 2.75 bits per heavy atom. The van der Waals surface area contributed by atoms with Gasteiger partial charge in [-0.05, 0) is 54.9 Å². The van der Waals surface area contributed by atoms with Crippen molar-refractivity contribution in [1.29, 1.82) is 0 Å². The van der Waals surface area contributed by atoms with Crippen LogP contribution in [-0.2, 0) is 19.3 Å². The topological polar surface area (TPSA) is 24.5 Å². The molecule has 0 amide bonds. The molecule has 3 nitrogen and oxygen atoms in total. The lowest BCUT2D eigenvalue weighted by Gasteiger charge is -2.28. The van der Waals surface area contributed by atoms with Gasteiger partial charge in [0.05, 0.1) is 7.11 Å². The van der Waals surface area contributed by atoms with Crippen LogP contribution < -0.4 is 10.1 Å². The first-order valence-electron chi connectivity index (χ1n) is 7.99. The fourth-order valence-corrected chi connectivity index (χ4v) is 3.55. The van der Waals surface area contributed by atoms with Crippen molar-refractivity contribution in [2.24, 2.45) is 0 Å². The Bertz CT molecular complexity index is 453. The highest BCUT2D eigenvalue weighted by Gasteiger charge is 2.18. The molecule has 1 aromatic carbocycles. The van der Waals surface area contributed by atoms with Crippen molar-refractivity contribution in [3.8, 4) is 5.75 Å². The molecule has 110 valence electrons. The summed E-state index contributed by atoms with van der Waals surface area (Å²) in [6, 6.07) is 4.46. The van der Waals surface area contributed by atoms with Gasteiger partial charge in [0.25, 0.3) is 0 Å². The average Bonchev–Trinajstić information content (AvgIpc) is 2.53. The maximum atomic E-state index is 5.62. The van der Waals surface area contributed by atoms with E-state index in [0.717, 1.165) is 31.8 Å². The lowest BCUT2D eigenvalue weighted by molar-refractivity contribution is 0.243. The molecule has 0 bridgehead atoms. The average molecular weight is 274 g/mol. The molecule has 0 spiro atoms. The second kappa shape index (κ2) is 6.59. The minimum Gasteiger partial charge on any atom is -0.496 e. The number of hydrogen-bond donors (Lipinski definition) is 1. The van der Waals surface area contributed by atoms with Crippen LogP contribution in [0.3, 0.4) is 0 Å². The monoisotopic (exact) mass is 274 g/mol. The highest BCUT2D eigenvalue weighted by atomic mass is 16.5. The van der Waals surface area contributed by atoms with E-state index >= 15 is 0 Å². The quantitative estimate of drug-likeness (QED) is 0.909. The van der Waals surface area contributed by atoms with Crippen LogP contribution in [-0.4, -0.2) is 44.7 Å². The van der Waals surface area contributed by atoms with Gasteiger partial charge in [0.1, 0.15) is 5.75 Å². The first-order valence-corrected chi connectivity index (χ1v) is 7.99. The van der Waals surface area contributed by atoms with Gasteiger partial charge in [-0.1, -0.05) is 6.07 Å². The first kappa shape index (κ1) is 13.9. The Morgan fingerprint density at radius 1 is 1.15 bits per heavy atom. The van der Waals surface area contributed by atoms with E-state index in [1.54, 1.807) is 18.2 Å². The minimum absolute atomic E-state index is 1.10. The Kier molecular flexibility index (Phi) is 4.58. The van der Waals surface area contributed by atoms with Crippen molar-refractivity contribution in [3.05, 3.63) is 28.8 Å². The number of piperazine rings is 1. The van der Waals surface area contributed by atoms with E-state index in [2.05, 4.69) is 22.3 Å². The van der Waals surface area contributed by atoms with E-state index in [1.165, 1.54) is 44.3 Å². The van der Waals surface area contributed by atoms with Gasteiger partial charge in [-0.25, -0.2) is 0 Å². The summed E-state index contributed by atoms with van der Waals surface area (Å²) in [5, 5.41) is 3.42.